The van der Waals surface area contributed by atoms with Crippen molar-refractivity contribution in [3.05, 3.63) is 78.4 Å². The Labute approximate surface area is 218 Å². The van der Waals surface area contributed by atoms with Gasteiger partial charge in [-0.25, -0.2) is 0 Å². The number of anilines is 2. The molecule has 2 N–H and O–H groups in total. The predicted molar refractivity (Wildman–Crippen MR) is 147 cm³/mol. The molecule has 0 bridgehead atoms. The Hall–Kier alpha value is -3.84. The van der Waals surface area contributed by atoms with Crippen molar-refractivity contribution in [3.63, 3.8) is 0 Å². The Balaban J connectivity index is 1.07. The second-order valence-electron chi connectivity index (χ2n) is 9.99. The number of piperazine rings is 1. The highest BCUT2D eigenvalue weighted by molar-refractivity contribution is 5.93. The topological polar surface area (TPSA) is 76.1 Å². The fourth-order valence-corrected chi connectivity index (χ4v) is 5.17. The first-order chi connectivity index (χ1) is 18.0. The van der Waals surface area contributed by atoms with E-state index in [9.17, 15) is 14.7 Å². The summed E-state index contributed by atoms with van der Waals surface area (Å²) in [4.78, 5) is 32.1. The number of aryl methyl sites for hydroxylation is 1. The highest BCUT2D eigenvalue weighted by Gasteiger charge is 2.31. The fraction of sp³-hybridized carbons (Fsp3) is 0.333. The molecule has 2 aliphatic heterocycles. The summed E-state index contributed by atoms with van der Waals surface area (Å²) in [6.45, 7) is 6.52. The first-order valence-corrected chi connectivity index (χ1v) is 13.0. The summed E-state index contributed by atoms with van der Waals surface area (Å²) in [5.41, 5.74) is 5.00. The van der Waals surface area contributed by atoms with Crippen molar-refractivity contribution in [1.82, 2.24) is 9.80 Å². The van der Waals surface area contributed by atoms with Crippen molar-refractivity contribution in [1.29, 1.82) is 0 Å². The molecule has 0 unspecified atom stereocenters. The standard InChI is InChI=1S/C30H34N4O3/c1-22-19-26(9-12-28(22)35)31-30(37)25-13-14-32(20-25)21-29(36)34-17-15-33(16-18-34)27-10-7-24(8-11-27)23-5-3-2-4-6-23/h2-12,19,25,35H,13-18,20-21H2,1H3,(H,31,37)/t25-/m1/s1. The van der Waals surface area contributed by atoms with Crippen LogP contribution in [-0.2, 0) is 9.59 Å². The lowest BCUT2D eigenvalue weighted by molar-refractivity contribution is -0.132. The van der Waals surface area contributed by atoms with Gasteiger partial charge in [-0.3, -0.25) is 14.5 Å². The van der Waals surface area contributed by atoms with Crippen LogP contribution in [0.5, 0.6) is 5.75 Å². The third-order valence-corrected chi connectivity index (χ3v) is 7.44. The summed E-state index contributed by atoms with van der Waals surface area (Å²) in [6, 6.07) is 24.1. The number of phenolic OH excluding ortho intramolecular Hbond substituents is 1. The average molecular weight is 499 g/mol. The number of rotatable bonds is 6. The Kier molecular flexibility index (Phi) is 7.42. The van der Waals surface area contributed by atoms with Crippen LogP contribution in [0.15, 0.2) is 72.8 Å². The van der Waals surface area contributed by atoms with Gasteiger partial charge in [0.25, 0.3) is 0 Å². The molecule has 0 saturated carbocycles. The molecule has 37 heavy (non-hydrogen) atoms. The van der Waals surface area contributed by atoms with Gasteiger partial charge in [-0.15, -0.1) is 0 Å². The van der Waals surface area contributed by atoms with E-state index in [1.165, 1.54) is 16.8 Å². The van der Waals surface area contributed by atoms with Gasteiger partial charge in [-0.1, -0.05) is 42.5 Å². The average Bonchev–Trinajstić information content (AvgIpc) is 3.40. The van der Waals surface area contributed by atoms with Gasteiger partial charge in [0.05, 0.1) is 12.5 Å². The van der Waals surface area contributed by atoms with E-state index in [0.29, 0.717) is 31.9 Å². The monoisotopic (exact) mass is 498 g/mol. The van der Waals surface area contributed by atoms with Crippen molar-refractivity contribution >= 4 is 23.2 Å². The van der Waals surface area contributed by atoms with Gasteiger partial charge < -0.3 is 20.2 Å². The highest BCUT2D eigenvalue weighted by atomic mass is 16.3. The van der Waals surface area contributed by atoms with Gasteiger partial charge in [0, 0.05) is 44.1 Å². The summed E-state index contributed by atoms with van der Waals surface area (Å²) < 4.78 is 0. The van der Waals surface area contributed by atoms with E-state index >= 15 is 0 Å². The summed E-state index contributed by atoms with van der Waals surface area (Å²) in [5.74, 6) is 0.171. The normalized spacial score (nSPS) is 18.1. The van der Waals surface area contributed by atoms with Gasteiger partial charge in [-0.05, 0) is 66.9 Å². The number of amides is 2. The number of nitrogens with zero attached hydrogens (tertiary/aromatic N) is 3. The second kappa shape index (κ2) is 11.0. The molecule has 7 heteroatoms. The van der Waals surface area contributed by atoms with E-state index in [2.05, 4.69) is 63.6 Å². The number of carbonyl (C=O) groups is 2. The minimum Gasteiger partial charge on any atom is -0.508 e. The van der Waals surface area contributed by atoms with Gasteiger partial charge in [0.2, 0.25) is 11.8 Å². The molecule has 0 radical (unpaired) electrons. The van der Waals surface area contributed by atoms with E-state index in [-0.39, 0.29) is 23.5 Å². The zero-order valence-corrected chi connectivity index (χ0v) is 21.3. The molecule has 3 aromatic carbocycles. The van der Waals surface area contributed by atoms with Crippen LogP contribution in [-0.4, -0.2) is 72.5 Å². The molecule has 0 spiro atoms. The molecule has 2 amide bonds. The van der Waals surface area contributed by atoms with Crippen LogP contribution in [0.4, 0.5) is 11.4 Å². The van der Waals surface area contributed by atoms with E-state index in [4.69, 9.17) is 0 Å². The Bertz CT molecular complexity index is 1240. The number of benzene rings is 3. The molecular formula is C30H34N4O3. The number of carbonyl (C=O) groups excluding carboxylic acids is 2. The van der Waals surface area contributed by atoms with Crippen LogP contribution in [0.3, 0.4) is 0 Å². The number of hydrogen-bond acceptors (Lipinski definition) is 5. The van der Waals surface area contributed by atoms with Crippen LogP contribution in [0.25, 0.3) is 11.1 Å². The largest absolute Gasteiger partial charge is 0.508 e. The Morgan fingerprint density at radius 2 is 1.59 bits per heavy atom. The number of phenols is 1. The van der Waals surface area contributed by atoms with Crippen molar-refractivity contribution < 1.29 is 14.7 Å². The summed E-state index contributed by atoms with van der Waals surface area (Å²) in [7, 11) is 0. The number of hydrogen-bond donors (Lipinski definition) is 2. The van der Waals surface area contributed by atoms with Crippen molar-refractivity contribution in [3.8, 4) is 16.9 Å². The molecule has 0 aliphatic carbocycles. The number of aromatic hydroxyl groups is 1. The van der Waals surface area contributed by atoms with E-state index in [0.717, 1.165) is 31.6 Å². The number of likely N-dealkylation sites (tertiary alicyclic amines) is 1. The van der Waals surface area contributed by atoms with Crippen LogP contribution in [0.2, 0.25) is 0 Å². The molecule has 7 nitrogen and oxygen atoms in total. The molecule has 5 rings (SSSR count). The zero-order chi connectivity index (χ0) is 25.8. The van der Waals surface area contributed by atoms with E-state index in [1.807, 2.05) is 11.0 Å². The maximum atomic E-state index is 13.0. The summed E-state index contributed by atoms with van der Waals surface area (Å²) >= 11 is 0. The van der Waals surface area contributed by atoms with Gasteiger partial charge in [0.15, 0.2) is 0 Å². The van der Waals surface area contributed by atoms with E-state index in [1.54, 1.807) is 25.1 Å². The molecule has 0 aromatic heterocycles. The highest BCUT2D eigenvalue weighted by Crippen LogP contribution is 2.25. The van der Waals surface area contributed by atoms with Crippen molar-refractivity contribution in [2.75, 3.05) is 56.0 Å². The summed E-state index contributed by atoms with van der Waals surface area (Å²) in [6.07, 6.45) is 0.739. The maximum absolute atomic E-state index is 13.0. The lowest BCUT2D eigenvalue weighted by atomic mass is 10.1. The molecule has 2 heterocycles. The van der Waals surface area contributed by atoms with Crippen molar-refractivity contribution in [2.45, 2.75) is 13.3 Å². The zero-order valence-electron chi connectivity index (χ0n) is 21.3. The van der Waals surface area contributed by atoms with Crippen LogP contribution in [0.1, 0.15) is 12.0 Å². The first-order valence-electron chi connectivity index (χ1n) is 13.0. The van der Waals surface area contributed by atoms with Gasteiger partial charge >= 0.3 is 0 Å². The maximum Gasteiger partial charge on any atom is 0.236 e. The minimum atomic E-state index is -0.141. The fourth-order valence-electron chi connectivity index (χ4n) is 5.17. The van der Waals surface area contributed by atoms with Gasteiger partial charge in [0.1, 0.15) is 5.75 Å². The Morgan fingerprint density at radius 1 is 0.892 bits per heavy atom. The van der Waals surface area contributed by atoms with E-state index < -0.39 is 0 Å². The SMILES string of the molecule is Cc1cc(NC(=O)[C@@H]2CCN(CC(=O)N3CCN(c4ccc(-c5ccccc5)cc4)CC3)C2)ccc1O. The number of nitrogens with one attached hydrogen (secondary N) is 1. The van der Waals surface area contributed by atoms with Crippen LogP contribution >= 0.6 is 0 Å². The van der Waals surface area contributed by atoms with Crippen LogP contribution in [0, 0.1) is 12.8 Å². The lowest BCUT2D eigenvalue weighted by Gasteiger charge is -2.36. The molecule has 1 atom stereocenters. The van der Waals surface area contributed by atoms with Crippen molar-refractivity contribution in [2.24, 2.45) is 5.92 Å². The predicted octanol–water partition coefficient (Wildman–Crippen LogP) is 3.98. The Morgan fingerprint density at radius 3 is 2.30 bits per heavy atom. The minimum absolute atomic E-state index is 0.0352. The quantitative estimate of drug-likeness (QED) is 0.503. The molecule has 2 fully saturated rings. The molecule has 2 aliphatic rings. The third kappa shape index (κ3) is 5.94. The molecule has 2 saturated heterocycles. The molecule has 3 aromatic rings. The van der Waals surface area contributed by atoms with Crippen LogP contribution < -0.4 is 10.2 Å². The second-order valence-corrected chi connectivity index (χ2v) is 9.99. The molecular weight excluding hydrogens is 464 g/mol. The molecule has 192 valence electrons. The van der Waals surface area contributed by atoms with Gasteiger partial charge in [-0.2, -0.15) is 0 Å². The first kappa shape index (κ1) is 24.8. The lowest BCUT2D eigenvalue weighted by Crippen LogP contribution is -2.51. The summed E-state index contributed by atoms with van der Waals surface area (Å²) in [5, 5.41) is 12.6. The third-order valence-electron chi connectivity index (χ3n) is 7.44. The smallest absolute Gasteiger partial charge is 0.236 e.